The van der Waals surface area contributed by atoms with Gasteiger partial charge in [-0.2, -0.15) is 0 Å². The molecule has 0 radical (unpaired) electrons. The fourth-order valence-corrected chi connectivity index (χ4v) is 6.59. The predicted octanol–water partition coefficient (Wildman–Crippen LogP) is 6.56. The minimum absolute atomic E-state index is 0.0476. The number of carbonyl (C=O) groups is 5. The largest absolute Gasteiger partial charge is 0.506 e. The van der Waals surface area contributed by atoms with Gasteiger partial charge in [0.1, 0.15) is 22.7 Å². The van der Waals surface area contributed by atoms with Crippen LogP contribution in [-0.2, 0) is 38.0 Å². The highest BCUT2D eigenvalue weighted by atomic mass is 79.9. The first-order valence-corrected chi connectivity index (χ1v) is 27.7. The predicted molar refractivity (Wildman–Crippen MR) is 341 cm³/mol. The first-order valence-electron chi connectivity index (χ1n) is 26.9. The summed E-state index contributed by atoms with van der Waals surface area (Å²) in [6, 6.07) is 16.2. The van der Waals surface area contributed by atoms with Gasteiger partial charge in [-0.05, 0) is 46.3 Å². The third-order valence-corrected chi connectivity index (χ3v) is 11.4. The number of rotatable bonds is 20. The lowest BCUT2D eigenvalue weighted by molar-refractivity contribution is -0.135. The van der Waals surface area contributed by atoms with Crippen LogP contribution >= 0.6 is 15.9 Å². The molecule has 6 N–H and O–H groups in total. The highest BCUT2D eigenvalue weighted by Crippen LogP contribution is 2.31. The molecule has 98 heavy (non-hydrogen) atoms. The van der Waals surface area contributed by atoms with Gasteiger partial charge >= 0.3 is 23.9 Å². The van der Waals surface area contributed by atoms with Gasteiger partial charge in [0.2, 0.25) is 17.0 Å². The van der Waals surface area contributed by atoms with E-state index >= 15 is 0 Å². The van der Waals surface area contributed by atoms with E-state index in [0.717, 1.165) is 24.4 Å². The van der Waals surface area contributed by atoms with Crippen molar-refractivity contribution in [3.8, 4) is 69.0 Å². The first-order chi connectivity index (χ1) is 47.3. The molecule has 0 aliphatic heterocycles. The van der Waals surface area contributed by atoms with Crippen LogP contribution in [-0.4, -0.2) is 210 Å². The fourth-order valence-electron chi connectivity index (χ4n) is 6.25. The lowest BCUT2D eigenvalue weighted by atomic mass is 10.2. The van der Waals surface area contributed by atoms with Gasteiger partial charge in [-0.3, -0.25) is 24.7 Å². The van der Waals surface area contributed by atoms with E-state index in [0.29, 0.717) is 34.1 Å². The van der Waals surface area contributed by atoms with Crippen LogP contribution in [0.4, 0.5) is 0 Å². The Kier molecular flexibility index (Phi) is 38.9. The van der Waals surface area contributed by atoms with Crippen molar-refractivity contribution in [3.63, 3.8) is 0 Å². The zero-order valence-corrected chi connectivity index (χ0v) is 55.6. The summed E-state index contributed by atoms with van der Waals surface area (Å²) >= 11 is 3.31. The second kappa shape index (κ2) is 46.7. The number of ether oxygens (including phenoxy) is 14. The average Bonchev–Trinajstić information content (AvgIpc) is 1.52. The number of esters is 3. The molecule has 0 fully saturated rings. The number of carboxylic acid groups (broad SMARTS) is 1. The Balaban J connectivity index is 0.000000384. The van der Waals surface area contributed by atoms with Gasteiger partial charge in [-0.25, -0.2) is 39.1 Å². The molecule has 0 atom stereocenters. The van der Waals surface area contributed by atoms with Gasteiger partial charge < -0.3 is 102 Å². The molecule has 37 heteroatoms. The molecular weight excluding hydrogens is 1370 g/mol. The lowest BCUT2D eigenvalue weighted by Gasteiger charge is -2.07. The molecule has 0 aromatic carbocycles. The fraction of sp³-hybridized carbons (Fsp3) is 0.230. The summed E-state index contributed by atoms with van der Waals surface area (Å²) in [6.07, 6.45) is 18.2. The molecule has 0 aliphatic rings. The van der Waals surface area contributed by atoms with E-state index in [1.165, 1.54) is 84.7 Å². The van der Waals surface area contributed by atoms with Crippen LogP contribution in [0.3, 0.4) is 0 Å². The van der Waals surface area contributed by atoms with E-state index in [4.69, 9.17) is 67.3 Å². The van der Waals surface area contributed by atoms with E-state index in [1.54, 1.807) is 96.1 Å². The number of ketones is 1. The summed E-state index contributed by atoms with van der Waals surface area (Å²) in [5, 5.41) is 60.4. The van der Waals surface area contributed by atoms with Crippen molar-refractivity contribution in [2.45, 2.75) is 0 Å². The molecule has 0 amide bonds. The van der Waals surface area contributed by atoms with Crippen LogP contribution in [0.15, 0.2) is 149 Å². The van der Waals surface area contributed by atoms with E-state index in [9.17, 15) is 39.3 Å². The van der Waals surface area contributed by atoms with Crippen molar-refractivity contribution in [2.75, 3.05) is 98.6 Å². The van der Waals surface area contributed by atoms with E-state index in [1.807, 2.05) is 18.2 Å². The molecule has 9 rings (SSSR count). The number of Topliss-reactive ketones (excluding diaryl/α,β-unsaturated/α-hetero) is 1. The third kappa shape index (κ3) is 27.3. The van der Waals surface area contributed by atoms with Gasteiger partial charge in [0.05, 0.1) is 86.1 Å². The van der Waals surface area contributed by atoms with Gasteiger partial charge in [0, 0.05) is 101 Å². The standard InChI is InChI=1S/C9H10N2O5.C9H8N2O4.C9H9NO5.C8H11NO3.C7H8BrNO2.C7H7NO4.C7H9NO2.C5H5NO/c1-15-5-3-4-10-6(8(5)12)7(11-14)9(13)16-2;1-13-5-3-4-10-6-7(9(12)14-2)11-15-8(5)6;1-14-5-3-4-10-6(7(5)11)8(12)9(13)15-2;1-10-6-12-8-5-9-4-3-7(8)11-2;1-10-5-11-7-4-9-3-2-6(7)8;1-12-4-2-3-8-5(6(4)9)7(10)11;1-9-6-10-7-3-2-4-8-5-7;7-5-2-1-3-6-4-5/h3-4,12,14H,1-2H3;3-4H,1-2H3;3-4,11H,1-2H3;3-5H,6H2,1-2H3;2-4H,5H2,1H3;2-3,9H,1H3,(H,10,11);2-5H,6H2,1H3;1-4,7H/b11-7-;;;;;;;. The first kappa shape index (κ1) is 81.7. The molecule has 9 aromatic rings. The second-order valence-electron chi connectivity index (χ2n) is 16.8. The summed E-state index contributed by atoms with van der Waals surface area (Å²) in [7, 11) is 15.2. The molecule has 0 aliphatic carbocycles. The maximum Gasteiger partial charge on any atom is 0.381 e. The zero-order valence-electron chi connectivity index (χ0n) is 54.0. The topological polar surface area (TPSA) is 477 Å². The highest BCUT2D eigenvalue weighted by molar-refractivity contribution is 9.10. The number of nitrogens with zero attached hydrogens (tertiary/aromatic N) is 10. The van der Waals surface area contributed by atoms with Crippen molar-refractivity contribution in [2.24, 2.45) is 5.16 Å². The minimum Gasteiger partial charge on any atom is -0.506 e. The van der Waals surface area contributed by atoms with Crippen LogP contribution in [0.2, 0.25) is 0 Å². The minimum atomic E-state index is -1.29. The van der Waals surface area contributed by atoms with Crippen LogP contribution in [0.5, 0.6) is 69.0 Å². The number of aromatic carboxylic acids is 1. The van der Waals surface area contributed by atoms with Crippen LogP contribution in [0.1, 0.15) is 37.2 Å². The SMILES string of the molecule is COC(=O)/C(=N\O)c1nccc(OC)c1O.COC(=O)C(=O)c1nccc(OC)c1O.COC(=O)c1noc2c(OC)ccnc12.COCOc1cccnc1.COCOc1cnccc1Br.COCOc1cnccc1OC.COc1ccnc(C(=O)O)c1O.Oc1cccnc1. The number of methoxy groups -OCH3 is 11. The Morgan fingerprint density at radius 3 is 1.39 bits per heavy atom. The molecule has 0 bridgehead atoms. The number of pyridine rings is 8. The number of hydrogen-bond donors (Lipinski definition) is 6. The number of carbonyl (C=O) groups excluding carboxylic acids is 4. The number of aromatic hydroxyl groups is 4. The van der Waals surface area contributed by atoms with Crippen molar-refractivity contribution >= 4 is 62.4 Å². The summed E-state index contributed by atoms with van der Waals surface area (Å²) in [5.74, 6) is -2.62. The Morgan fingerprint density at radius 1 is 0.459 bits per heavy atom. The lowest BCUT2D eigenvalue weighted by Crippen LogP contribution is -2.18. The highest BCUT2D eigenvalue weighted by Gasteiger charge is 2.25. The van der Waals surface area contributed by atoms with Gasteiger partial charge in [-0.1, -0.05) is 10.3 Å². The number of oxime groups is 1. The molecule has 0 unspecified atom stereocenters. The van der Waals surface area contributed by atoms with Gasteiger partial charge in [0.25, 0.3) is 5.78 Å². The summed E-state index contributed by atoms with van der Waals surface area (Å²) in [6.45, 7) is 0.706. The molecular formula is C61H67BrN10O26. The summed E-state index contributed by atoms with van der Waals surface area (Å²) in [5.41, 5.74) is -0.795. The molecule has 0 saturated heterocycles. The monoisotopic (exact) mass is 1430 g/mol. The van der Waals surface area contributed by atoms with Gasteiger partial charge in [0.15, 0.2) is 89.3 Å². The summed E-state index contributed by atoms with van der Waals surface area (Å²) in [4.78, 5) is 85.1. The van der Waals surface area contributed by atoms with Crippen molar-refractivity contribution in [3.05, 3.63) is 162 Å². The Morgan fingerprint density at radius 2 is 0.918 bits per heavy atom. The quantitative estimate of drug-likeness (QED) is 0.00687. The molecule has 524 valence electrons. The van der Waals surface area contributed by atoms with Crippen molar-refractivity contribution < 1.29 is 126 Å². The summed E-state index contributed by atoms with van der Waals surface area (Å²) < 4.78 is 72.8. The number of halogens is 1. The number of aromatic nitrogens is 9. The molecule has 9 heterocycles. The van der Waals surface area contributed by atoms with E-state index in [-0.39, 0.29) is 60.5 Å². The van der Waals surface area contributed by atoms with Gasteiger partial charge in [-0.15, -0.1) is 0 Å². The smallest absolute Gasteiger partial charge is 0.381 e. The molecule has 0 saturated carbocycles. The van der Waals surface area contributed by atoms with Crippen LogP contribution < -0.4 is 37.9 Å². The Bertz CT molecular complexity index is 3900. The third-order valence-electron chi connectivity index (χ3n) is 10.7. The zero-order chi connectivity index (χ0) is 72.8. The molecule has 0 spiro atoms. The van der Waals surface area contributed by atoms with Crippen molar-refractivity contribution in [1.82, 2.24) is 45.0 Å². The normalized spacial score (nSPS) is 9.78. The maximum atomic E-state index is 11.3. The maximum absolute atomic E-state index is 11.3. The number of fused-ring (bicyclic) bond motifs is 1. The Hall–Kier alpha value is -12.4. The van der Waals surface area contributed by atoms with Crippen LogP contribution in [0.25, 0.3) is 11.1 Å². The number of carboxylic acids is 1. The van der Waals surface area contributed by atoms with E-state index < -0.39 is 58.3 Å². The van der Waals surface area contributed by atoms with E-state index in [2.05, 4.69) is 85.1 Å². The molecule has 9 aromatic heterocycles. The Labute approximate surface area is 565 Å². The van der Waals surface area contributed by atoms with Crippen molar-refractivity contribution in [1.29, 1.82) is 0 Å². The number of hydrogen-bond acceptors (Lipinski definition) is 35. The molecule has 36 nitrogen and oxygen atoms in total. The average molecular weight is 1440 g/mol. The van der Waals surface area contributed by atoms with Crippen LogP contribution in [0, 0.1) is 0 Å². The second-order valence-corrected chi connectivity index (χ2v) is 17.7.